The number of nitrogens with one attached hydrogen (secondary N) is 1. The number of ether oxygens (including phenoxy) is 4. The van der Waals surface area contributed by atoms with Gasteiger partial charge in [0.25, 0.3) is 0 Å². The number of benzene rings is 2. The van der Waals surface area contributed by atoms with E-state index < -0.39 is 11.9 Å². The van der Waals surface area contributed by atoms with E-state index in [9.17, 15) is 14.7 Å². The van der Waals surface area contributed by atoms with E-state index in [4.69, 9.17) is 30.5 Å². The highest BCUT2D eigenvalue weighted by molar-refractivity contribution is 6.32. The number of carbonyl (C=O) groups excluding carboxylic acids is 2. The van der Waals surface area contributed by atoms with Gasteiger partial charge in [-0.05, 0) is 74.4 Å². The minimum atomic E-state index is -0.742. The Bertz CT molecular complexity index is 1360. The van der Waals surface area contributed by atoms with Crippen molar-refractivity contribution in [3.05, 3.63) is 75.1 Å². The van der Waals surface area contributed by atoms with Crippen LogP contribution in [0.4, 0.5) is 0 Å². The Balaban J connectivity index is 1.52. The number of phenolic OH excluding ortho intramolecular Hbond substituents is 1. The van der Waals surface area contributed by atoms with Gasteiger partial charge >= 0.3 is 5.97 Å². The van der Waals surface area contributed by atoms with Crippen LogP contribution < -0.4 is 14.8 Å². The average Bonchev–Trinajstić information content (AvgIpc) is 3.47. The molecule has 8 nitrogen and oxygen atoms in total. The first-order valence-electron chi connectivity index (χ1n) is 13.6. The Morgan fingerprint density at radius 1 is 1.18 bits per heavy atom. The lowest BCUT2D eigenvalue weighted by Gasteiger charge is -2.37. The number of esters is 1. The molecule has 2 N–H and O–H groups in total. The molecule has 9 heteroatoms. The second kappa shape index (κ2) is 11.9. The lowest BCUT2D eigenvalue weighted by Crippen LogP contribution is -2.36. The number of hydrogen-bond acceptors (Lipinski definition) is 8. The highest BCUT2D eigenvalue weighted by atomic mass is 35.5. The molecule has 0 amide bonds. The van der Waals surface area contributed by atoms with Gasteiger partial charge in [0.1, 0.15) is 12.4 Å². The number of carbonyl (C=O) groups is 2. The molecule has 1 aliphatic carbocycles. The normalized spacial score (nSPS) is 22.6. The lowest BCUT2D eigenvalue weighted by molar-refractivity contribution is -0.142. The quantitative estimate of drug-likeness (QED) is 0.401. The third-order valence-electron chi connectivity index (χ3n) is 7.74. The number of halogens is 1. The summed E-state index contributed by atoms with van der Waals surface area (Å²) in [6.45, 7) is 5.12. The average molecular weight is 568 g/mol. The monoisotopic (exact) mass is 567 g/mol. The molecule has 212 valence electrons. The molecule has 2 aromatic carbocycles. The fourth-order valence-electron chi connectivity index (χ4n) is 5.82. The van der Waals surface area contributed by atoms with Gasteiger partial charge in [-0.3, -0.25) is 4.79 Å². The number of dihydropyridines is 1. The highest BCUT2D eigenvalue weighted by Gasteiger charge is 2.42. The van der Waals surface area contributed by atoms with Crippen LogP contribution in [0.3, 0.4) is 0 Å². The Morgan fingerprint density at radius 3 is 2.62 bits per heavy atom. The predicted molar refractivity (Wildman–Crippen MR) is 150 cm³/mol. The molecule has 1 fully saturated rings. The van der Waals surface area contributed by atoms with Crippen LogP contribution in [0, 0.1) is 0 Å². The van der Waals surface area contributed by atoms with Crippen LogP contribution in [0.2, 0.25) is 5.02 Å². The summed E-state index contributed by atoms with van der Waals surface area (Å²) in [6, 6.07) is 11.0. The summed E-state index contributed by atoms with van der Waals surface area (Å²) in [5.41, 5.74) is 3.79. The Labute approximate surface area is 238 Å². The zero-order valence-corrected chi connectivity index (χ0v) is 23.7. The second-order valence-electron chi connectivity index (χ2n) is 10.3. The van der Waals surface area contributed by atoms with Crippen molar-refractivity contribution in [3.63, 3.8) is 0 Å². The second-order valence-corrected chi connectivity index (χ2v) is 10.7. The fourth-order valence-corrected chi connectivity index (χ4v) is 6.04. The third-order valence-corrected chi connectivity index (χ3v) is 8.03. The number of rotatable bonds is 8. The van der Waals surface area contributed by atoms with Crippen LogP contribution >= 0.6 is 11.6 Å². The fraction of sp³-hybridized carbons (Fsp3) is 0.419. The largest absolute Gasteiger partial charge is 0.503 e. The highest BCUT2D eigenvalue weighted by Crippen LogP contribution is 2.48. The van der Waals surface area contributed by atoms with Gasteiger partial charge in [-0.1, -0.05) is 23.7 Å². The van der Waals surface area contributed by atoms with E-state index in [1.807, 2.05) is 38.1 Å². The van der Waals surface area contributed by atoms with Crippen LogP contribution in [0.1, 0.15) is 62.5 Å². The van der Waals surface area contributed by atoms with Crippen molar-refractivity contribution in [2.75, 3.05) is 26.9 Å². The summed E-state index contributed by atoms with van der Waals surface area (Å²) >= 11 is 6.37. The number of aromatic hydroxyl groups is 1. The molecule has 1 saturated heterocycles. The molecule has 3 aliphatic rings. The number of ketones is 1. The minimum absolute atomic E-state index is 0.0335. The molecular formula is C31H34ClNO7. The molecule has 0 radical (unpaired) electrons. The van der Waals surface area contributed by atoms with E-state index in [-0.39, 0.29) is 47.4 Å². The summed E-state index contributed by atoms with van der Waals surface area (Å²) < 4.78 is 22.3. The first-order valence-corrected chi connectivity index (χ1v) is 14.0. The van der Waals surface area contributed by atoms with Crippen molar-refractivity contribution < 1.29 is 33.6 Å². The molecule has 3 atom stereocenters. The van der Waals surface area contributed by atoms with Gasteiger partial charge in [0.2, 0.25) is 0 Å². The molecule has 2 aromatic rings. The first-order chi connectivity index (χ1) is 19.3. The molecule has 0 aromatic heterocycles. The van der Waals surface area contributed by atoms with Crippen molar-refractivity contribution in [1.29, 1.82) is 0 Å². The Kier molecular flexibility index (Phi) is 8.38. The van der Waals surface area contributed by atoms with Crippen molar-refractivity contribution in [3.8, 4) is 17.2 Å². The molecular weight excluding hydrogens is 534 g/mol. The van der Waals surface area contributed by atoms with Crippen molar-refractivity contribution >= 4 is 23.4 Å². The zero-order chi connectivity index (χ0) is 28.4. The summed E-state index contributed by atoms with van der Waals surface area (Å²) in [5, 5.41) is 13.8. The van der Waals surface area contributed by atoms with E-state index in [1.54, 1.807) is 12.1 Å². The van der Waals surface area contributed by atoms with E-state index >= 15 is 0 Å². The van der Waals surface area contributed by atoms with Crippen molar-refractivity contribution in [2.24, 2.45) is 0 Å². The van der Waals surface area contributed by atoms with Gasteiger partial charge in [0.05, 0.1) is 30.4 Å². The maximum atomic E-state index is 13.9. The smallest absolute Gasteiger partial charge is 0.336 e. The van der Waals surface area contributed by atoms with Gasteiger partial charge < -0.3 is 29.4 Å². The molecule has 0 saturated carbocycles. The number of Topliss-reactive ketones (excluding diaryl/α,β-unsaturated/α-hetero) is 1. The summed E-state index contributed by atoms with van der Waals surface area (Å²) in [5.74, 6) is -0.636. The minimum Gasteiger partial charge on any atom is -0.503 e. The molecule has 5 rings (SSSR count). The Hall–Kier alpha value is -3.49. The van der Waals surface area contributed by atoms with E-state index in [0.717, 1.165) is 29.9 Å². The molecule has 2 heterocycles. The van der Waals surface area contributed by atoms with Gasteiger partial charge in [-0.25, -0.2) is 4.79 Å². The summed E-state index contributed by atoms with van der Waals surface area (Å²) in [6.07, 6.45) is 2.50. The predicted octanol–water partition coefficient (Wildman–Crippen LogP) is 5.54. The topological polar surface area (TPSA) is 103 Å². The Morgan fingerprint density at radius 2 is 1.95 bits per heavy atom. The van der Waals surface area contributed by atoms with Crippen molar-refractivity contribution in [1.82, 2.24) is 5.32 Å². The molecule has 2 aliphatic heterocycles. The number of methoxy groups -OCH3 is 1. The van der Waals surface area contributed by atoms with Crippen LogP contribution in [0.15, 0.2) is 58.9 Å². The lowest BCUT2D eigenvalue weighted by atomic mass is 9.71. The van der Waals surface area contributed by atoms with Crippen LogP contribution in [0.5, 0.6) is 17.2 Å². The SMILES string of the molecule is CCOc1ccc(C2CC(=O)C3=C(C2)NC(C)=C(C(=O)OCC2CCCO2)C3c2cc(Cl)c(O)c(OC)c2)cc1. The van der Waals surface area contributed by atoms with Crippen molar-refractivity contribution in [2.45, 2.75) is 57.5 Å². The number of allylic oxidation sites excluding steroid dienone is 3. The third kappa shape index (κ3) is 5.56. The summed E-state index contributed by atoms with van der Waals surface area (Å²) in [4.78, 5) is 27.5. The molecule has 0 bridgehead atoms. The maximum absolute atomic E-state index is 13.9. The van der Waals surface area contributed by atoms with Gasteiger partial charge in [0, 0.05) is 35.9 Å². The van der Waals surface area contributed by atoms with E-state index in [2.05, 4.69) is 5.32 Å². The summed E-state index contributed by atoms with van der Waals surface area (Å²) in [7, 11) is 1.42. The number of hydrogen-bond donors (Lipinski definition) is 2. The number of phenols is 1. The van der Waals surface area contributed by atoms with E-state index in [0.29, 0.717) is 42.0 Å². The maximum Gasteiger partial charge on any atom is 0.336 e. The first kappa shape index (κ1) is 28.1. The molecule has 0 spiro atoms. The molecule has 40 heavy (non-hydrogen) atoms. The molecule has 3 unspecified atom stereocenters. The van der Waals surface area contributed by atoms with Crippen LogP contribution in [0.25, 0.3) is 0 Å². The standard InChI is InChI=1S/C31H34ClNO7/c1-4-38-21-9-7-18(8-10-21)19-13-24-29(25(34)14-19)28(20-12-23(32)30(35)26(15-20)37-3)27(17(2)33-24)31(36)40-16-22-6-5-11-39-22/h7-10,12,15,19,22,28,33,35H,4-6,11,13-14,16H2,1-3H3. The van der Waals surface area contributed by atoms with Gasteiger partial charge in [0.15, 0.2) is 17.3 Å². The van der Waals surface area contributed by atoms with Crippen LogP contribution in [-0.4, -0.2) is 49.9 Å². The van der Waals surface area contributed by atoms with Crippen LogP contribution in [-0.2, 0) is 19.1 Å². The zero-order valence-electron chi connectivity index (χ0n) is 22.9. The van der Waals surface area contributed by atoms with Gasteiger partial charge in [-0.15, -0.1) is 0 Å². The van der Waals surface area contributed by atoms with Gasteiger partial charge in [-0.2, -0.15) is 0 Å². The van der Waals surface area contributed by atoms with E-state index in [1.165, 1.54) is 7.11 Å².